The Hall–Kier alpha value is -1.48. The third-order valence-electron chi connectivity index (χ3n) is 2.32. The van der Waals surface area contributed by atoms with Gasteiger partial charge in [0.1, 0.15) is 11.5 Å². The Balaban J connectivity index is 3.15. The van der Waals surface area contributed by atoms with Crippen molar-refractivity contribution in [1.29, 1.82) is 0 Å². The molecule has 1 unspecified atom stereocenters. The summed E-state index contributed by atoms with van der Waals surface area (Å²) in [5.41, 5.74) is 1.02. The smallest absolute Gasteiger partial charge is 0.124 e. The van der Waals surface area contributed by atoms with Gasteiger partial charge in [-0.15, -0.1) is 6.58 Å². The summed E-state index contributed by atoms with van der Waals surface area (Å²) in [6, 6.07) is 5.78. The zero-order valence-electron chi connectivity index (χ0n) is 9.41. The molecular formula is C12H17NO2. The number of methoxy groups -OCH3 is 2. The molecule has 0 bridgehead atoms. The molecule has 0 spiro atoms. The van der Waals surface area contributed by atoms with Crippen LogP contribution in [0, 0.1) is 0 Å². The van der Waals surface area contributed by atoms with Gasteiger partial charge in [-0.2, -0.15) is 0 Å². The second kappa shape index (κ2) is 5.41. The minimum Gasteiger partial charge on any atom is -0.497 e. The molecule has 0 saturated heterocycles. The van der Waals surface area contributed by atoms with E-state index < -0.39 is 0 Å². The highest BCUT2D eigenvalue weighted by molar-refractivity contribution is 5.43. The molecular weight excluding hydrogens is 190 g/mol. The molecule has 0 radical (unpaired) electrons. The Bertz CT molecular complexity index is 336. The highest BCUT2D eigenvalue weighted by atomic mass is 16.5. The van der Waals surface area contributed by atoms with Crippen molar-refractivity contribution in [2.24, 2.45) is 0 Å². The molecule has 1 atom stereocenters. The van der Waals surface area contributed by atoms with Crippen LogP contribution in [0.25, 0.3) is 0 Å². The molecule has 0 saturated carbocycles. The number of hydrogen-bond donors (Lipinski definition) is 1. The Morgan fingerprint density at radius 1 is 1.33 bits per heavy atom. The van der Waals surface area contributed by atoms with E-state index in [9.17, 15) is 0 Å². The molecule has 1 N–H and O–H groups in total. The van der Waals surface area contributed by atoms with Gasteiger partial charge in [-0.1, -0.05) is 6.08 Å². The fourth-order valence-electron chi connectivity index (χ4n) is 1.48. The van der Waals surface area contributed by atoms with Crippen molar-refractivity contribution in [3.63, 3.8) is 0 Å². The van der Waals surface area contributed by atoms with Crippen LogP contribution in [0.5, 0.6) is 11.5 Å². The molecule has 0 aliphatic carbocycles. The topological polar surface area (TPSA) is 30.5 Å². The highest BCUT2D eigenvalue weighted by Crippen LogP contribution is 2.29. The standard InChI is InChI=1S/C12H17NO2/c1-5-11(13-2)10-8-9(14-3)6-7-12(10)15-4/h5-8,11,13H,1H2,2-4H3. The van der Waals surface area contributed by atoms with Crippen molar-refractivity contribution in [2.75, 3.05) is 21.3 Å². The minimum atomic E-state index is 0.0649. The van der Waals surface area contributed by atoms with Gasteiger partial charge in [-0.25, -0.2) is 0 Å². The summed E-state index contributed by atoms with van der Waals surface area (Å²) in [7, 11) is 5.18. The first-order chi connectivity index (χ1) is 7.26. The second-order valence-corrected chi connectivity index (χ2v) is 3.11. The molecule has 82 valence electrons. The van der Waals surface area contributed by atoms with Crippen molar-refractivity contribution in [3.8, 4) is 11.5 Å². The van der Waals surface area contributed by atoms with Crippen molar-refractivity contribution in [1.82, 2.24) is 5.32 Å². The number of rotatable bonds is 5. The molecule has 0 aromatic heterocycles. The second-order valence-electron chi connectivity index (χ2n) is 3.11. The molecule has 1 rings (SSSR count). The predicted molar refractivity (Wildman–Crippen MR) is 61.5 cm³/mol. The number of ether oxygens (including phenoxy) is 2. The summed E-state index contributed by atoms with van der Waals surface area (Å²) in [5, 5.41) is 3.14. The molecule has 0 heterocycles. The molecule has 15 heavy (non-hydrogen) atoms. The summed E-state index contributed by atoms with van der Waals surface area (Å²) in [4.78, 5) is 0. The van der Waals surface area contributed by atoms with Gasteiger partial charge in [0.25, 0.3) is 0 Å². The van der Waals surface area contributed by atoms with Gasteiger partial charge in [-0.05, 0) is 25.2 Å². The zero-order chi connectivity index (χ0) is 11.3. The minimum absolute atomic E-state index is 0.0649. The van der Waals surface area contributed by atoms with Crippen molar-refractivity contribution in [3.05, 3.63) is 36.4 Å². The van der Waals surface area contributed by atoms with E-state index >= 15 is 0 Å². The highest BCUT2D eigenvalue weighted by Gasteiger charge is 2.11. The van der Waals surface area contributed by atoms with Crippen molar-refractivity contribution in [2.45, 2.75) is 6.04 Å². The Morgan fingerprint density at radius 2 is 2.07 bits per heavy atom. The molecule has 0 aliphatic heterocycles. The van der Waals surface area contributed by atoms with E-state index in [4.69, 9.17) is 9.47 Å². The van der Waals surface area contributed by atoms with Gasteiger partial charge < -0.3 is 14.8 Å². The zero-order valence-corrected chi connectivity index (χ0v) is 9.41. The van der Waals surface area contributed by atoms with Crippen LogP contribution in [0.2, 0.25) is 0 Å². The van der Waals surface area contributed by atoms with Gasteiger partial charge >= 0.3 is 0 Å². The summed E-state index contributed by atoms with van der Waals surface area (Å²) >= 11 is 0. The van der Waals surface area contributed by atoms with E-state index in [-0.39, 0.29) is 6.04 Å². The van der Waals surface area contributed by atoms with Crippen LogP contribution in [0.3, 0.4) is 0 Å². The lowest BCUT2D eigenvalue weighted by Gasteiger charge is -2.16. The van der Waals surface area contributed by atoms with E-state index in [1.165, 1.54) is 0 Å². The fourth-order valence-corrected chi connectivity index (χ4v) is 1.48. The van der Waals surface area contributed by atoms with Gasteiger partial charge in [0.2, 0.25) is 0 Å². The quantitative estimate of drug-likeness (QED) is 0.750. The Morgan fingerprint density at radius 3 is 2.53 bits per heavy atom. The number of benzene rings is 1. The van der Waals surface area contributed by atoms with Crippen LogP contribution < -0.4 is 14.8 Å². The maximum Gasteiger partial charge on any atom is 0.124 e. The summed E-state index contributed by atoms with van der Waals surface area (Å²) in [6.07, 6.45) is 1.83. The summed E-state index contributed by atoms with van der Waals surface area (Å²) in [6.45, 7) is 3.78. The van der Waals surface area contributed by atoms with Gasteiger partial charge in [0.05, 0.1) is 20.3 Å². The largest absolute Gasteiger partial charge is 0.497 e. The molecule has 1 aromatic rings. The first kappa shape index (κ1) is 11.6. The normalized spacial score (nSPS) is 11.9. The summed E-state index contributed by atoms with van der Waals surface area (Å²) in [5.74, 6) is 1.64. The third kappa shape index (κ3) is 2.50. The molecule has 1 aromatic carbocycles. The summed E-state index contributed by atoms with van der Waals surface area (Å²) < 4.78 is 10.5. The van der Waals surface area contributed by atoms with Crippen LogP contribution in [0.15, 0.2) is 30.9 Å². The number of likely N-dealkylation sites (N-methyl/N-ethyl adjacent to an activating group) is 1. The van der Waals surface area contributed by atoms with Crippen LogP contribution >= 0.6 is 0 Å². The average molecular weight is 207 g/mol. The molecule has 0 aliphatic rings. The number of nitrogens with one attached hydrogen (secondary N) is 1. The maximum absolute atomic E-state index is 5.29. The van der Waals surface area contributed by atoms with Crippen molar-refractivity contribution < 1.29 is 9.47 Å². The molecule has 3 nitrogen and oxygen atoms in total. The maximum atomic E-state index is 5.29. The average Bonchev–Trinajstić information content (AvgIpc) is 2.30. The lowest BCUT2D eigenvalue weighted by atomic mass is 10.1. The fraction of sp³-hybridized carbons (Fsp3) is 0.333. The van der Waals surface area contributed by atoms with E-state index in [1.54, 1.807) is 14.2 Å². The first-order valence-corrected chi connectivity index (χ1v) is 4.78. The van der Waals surface area contributed by atoms with Crippen LogP contribution in [0.1, 0.15) is 11.6 Å². The van der Waals surface area contributed by atoms with Gasteiger partial charge in [0, 0.05) is 5.56 Å². The molecule has 0 amide bonds. The Kier molecular flexibility index (Phi) is 4.18. The lowest BCUT2D eigenvalue weighted by molar-refractivity contribution is 0.395. The SMILES string of the molecule is C=CC(NC)c1cc(OC)ccc1OC. The number of hydrogen-bond acceptors (Lipinski definition) is 3. The van der Waals surface area contributed by atoms with E-state index in [2.05, 4.69) is 11.9 Å². The van der Waals surface area contributed by atoms with E-state index in [1.807, 2.05) is 31.3 Å². The van der Waals surface area contributed by atoms with Crippen LogP contribution in [-0.4, -0.2) is 21.3 Å². The lowest BCUT2D eigenvalue weighted by Crippen LogP contribution is -2.14. The van der Waals surface area contributed by atoms with E-state index in [0.29, 0.717) is 0 Å². The van der Waals surface area contributed by atoms with Crippen LogP contribution in [-0.2, 0) is 0 Å². The van der Waals surface area contributed by atoms with Gasteiger partial charge in [0.15, 0.2) is 0 Å². The molecule has 3 heteroatoms. The molecule has 0 fully saturated rings. The predicted octanol–water partition coefficient (Wildman–Crippen LogP) is 2.15. The Labute approximate surface area is 90.7 Å². The van der Waals surface area contributed by atoms with Crippen LogP contribution in [0.4, 0.5) is 0 Å². The first-order valence-electron chi connectivity index (χ1n) is 4.78. The monoisotopic (exact) mass is 207 g/mol. The van der Waals surface area contributed by atoms with Gasteiger partial charge in [-0.3, -0.25) is 0 Å². The van der Waals surface area contributed by atoms with Crippen molar-refractivity contribution >= 4 is 0 Å². The van der Waals surface area contributed by atoms with E-state index in [0.717, 1.165) is 17.1 Å². The third-order valence-corrected chi connectivity index (χ3v) is 2.32.